The second-order valence-electron chi connectivity index (χ2n) is 9.79. The summed E-state index contributed by atoms with van der Waals surface area (Å²) in [6.07, 6.45) is -4.10. The normalized spacial score (nSPS) is 29.7. The van der Waals surface area contributed by atoms with Gasteiger partial charge in [-0.05, 0) is 20.8 Å². The van der Waals surface area contributed by atoms with Crippen LogP contribution in [0, 0.1) is 11.8 Å². The average molecular weight is 509 g/mol. The van der Waals surface area contributed by atoms with Crippen molar-refractivity contribution in [2.75, 3.05) is 19.8 Å². The topological polar surface area (TPSA) is 135 Å². The van der Waals surface area contributed by atoms with E-state index in [1.54, 1.807) is 31.2 Å². The first-order valence-corrected chi connectivity index (χ1v) is 12.8. The van der Waals surface area contributed by atoms with Gasteiger partial charge in [-0.3, -0.25) is 9.59 Å². The number of hydrogen-bond acceptors (Lipinski definition) is 9. The van der Waals surface area contributed by atoms with Crippen LogP contribution in [-0.4, -0.2) is 83.3 Å². The van der Waals surface area contributed by atoms with E-state index >= 15 is 0 Å². The molecule has 0 aromatic heterocycles. The van der Waals surface area contributed by atoms with E-state index in [0.717, 1.165) is 5.56 Å². The highest BCUT2D eigenvalue weighted by molar-refractivity contribution is 6.08. The molecule has 0 bridgehead atoms. The Morgan fingerprint density at radius 3 is 2.25 bits per heavy atom. The summed E-state index contributed by atoms with van der Waals surface area (Å²) in [5, 5.41) is 30.9. The van der Waals surface area contributed by atoms with Gasteiger partial charge in [0.25, 0.3) is 0 Å². The maximum atomic E-state index is 12.6. The SMILES string of the molecule is CCOC(OCC)c1ccc(C(=O)CC(=O)C[C@H]2CO[C@@H](C[C@@H]3O[C@H]3[C@@H](C)[C@H](C)O)[C@H](O)[C@@H]2O)cc1. The van der Waals surface area contributed by atoms with Gasteiger partial charge < -0.3 is 34.3 Å². The summed E-state index contributed by atoms with van der Waals surface area (Å²) in [7, 11) is 0. The summed E-state index contributed by atoms with van der Waals surface area (Å²) in [4.78, 5) is 25.2. The smallest absolute Gasteiger partial charge is 0.183 e. The molecular formula is C27H40O9. The molecule has 8 atom stereocenters. The van der Waals surface area contributed by atoms with Crippen molar-refractivity contribution in [3.05, 3.63) is 35.4 Å². The number of rotatable bonds is 14. The van der Waals surface area contributed by atoms with Gasteiger partial charge in [0.05, 0.1) is 43.5 Å². The highest BCUT2D eigenvalue weighted by Crippen LogP contribution is 2.37. The summed E-state index contributed by atoms with van der Waals surface area (Å²) in [6.45, 7) is 8.45. The minimum atomic E-state index is -1.16. The van der Waals surface area contributed by atoms with Gasteiger partial charge in [0.1, 0.15) is 11.9 Å². The van der Waals surface area contributed by atoms with Crippen molar-refractivity contribution in [3.8, 4) is 0 Å². The summed E-state index contributed by atoms with van der Waals surface area (Å²) >= 11 is 0. The molecule has 0 radical (unpaired) electrons. The van der Waals surface area contributed by atoms with Crippen LogP contribution >= 0.6 is 0 Å². The van der Waals surface area contributed by atoms with Crippen molar-refractivity contribution in [1.29, 1.82) is 0 Å². The number of carbonyl (C=O) groups excluding carboxylic acids is 2. The quantitative estimate of drug-likeness (QED) is 0.150. The summed E-state index contributed by atoms with van der Waals surface area (Å²) < 4.78 is 22.5. The molecule has 0 saturated carbocycles. The van der Waals surface area contributed by atoms with Crippen LogP contribution in [0.25, 0.3) is 0 Å². The van der Waals surface area contributed by atoms with Crippen LogP contribution in [0.3, 0.4) is 0 Å². The number of aliphatic hydroxyl groups is 3. The maximum Gasteiger partial charge on any atom is 0.183 e. The second-order valence-corrected chi connectivity index (χ2v) is 9.79. The van der Waals surface area contributed by atoms with Gasteiger partial charge in [0, 0.05) is 49.0 Å². The number of aliphatic hydroxyl groups excluding tert-OH is 3. The minimum Gasteiger partial charge on any atom is -0.393 e. The molecule has 9 heteroatoms. The van der Waals surface area contributed by atoms with E-state index in [9.17, 15) is 24.9 Å². The Labute approximate surface area is 212 Å². The van der Waals surface area contributed by atoms with Gasteiger partial charge in [-0.15, -0.1) is 0 Å². The van der Waals surface area contributed by atoms with E-state index in [0.29, 0.717) is 25.2 Å². The molecule has 202 valence electrons. The number of carbonyl (C=O) groups is 2. The zero-order valence-electron chi connectivity index (χ0n) is 21.5. The van der Waals surface area contributed by atoms with Gasteiger partial charge in [-0.2, -0.15) is 0 Å². The zero-order chi connectivity index (χ0) is 26.4. The number of epoxide rings is 1. The van der Waals surface area contributed by atoms with Gasteiger partial charge in [-0.25, -0.2) is 0 Å². The highest BCUT2D eigenvalue weighted by Gasteiger charge is 2.48. The van der Waals surface area contributed by atoms with E-state index in [4.69, 9.17) is 18.9 Å². The Morgan fingerprint density at radius 1 is 1.03 bits per heavy atom. The van der Waals surface area contributed by atoms with Crippen molar-refractivity contribution < 1.29 is 43.9 Å². The largest absolute Gasteiger partial charge is 0.393 e. The Kier molecular flexibility index (Phi) is 10.6. The molecule has 2 saturated heterocycles. The Hall–Kier alpha value is -1.72. The van der Waals surface area contributed by atoms with Crippen LogP contribution in [0.5, 0.6) is 0 Å². The molecule has 2 fully saturated rings. The Morgan fingerprint density at radius 2 is 1.67 bits per heavy atom. The van der Waals surface area contributed by atoms with Crippen LogP contribution in [0.1, 0.15) is 69.2 Å². The molecule has 0 amide bonds. The molecule has 0 unspecified atom stereocenters. The van der Waals surface area contributed by atoms with Crippen molar-refractivity contribution in [1.82, 2.24) is 0 Å². The second kappa shape index (κ2) is 13.2. The molecule has 2 aliphatic rings. The number of benzene rings is 1. The number of ether oxygens (including phenoxy) is 4. The first kappa shape index (κ1) is 28.8. The molecule has 3 N–H and O–H groups in total. The molecule has 2 aliphatic heterocycles. The molecule has 3 rings (SSSR count). The lowest BCUT2D eigenvalue weighted by molar-refractivity contribution is -0.170. The van der Waals surface area contributed by atoms with Crippen molar-refractivity contribution >= 4 is 11.6 Å². The van der Waals surface area contributed by atoms with Crippen LogP contribution in [0.15, 0.2) is 24.3 Å². The van der Waals surface area contributed by atoms with Crippen LogP contribution in [0.4, 0.5) is 0 Å². The first-order chi connectivity index (χ1) is 17.2. The van der Waals surface area contributed by atoms with Gasteiger partial charge in [0.2, 0.25) is 0 Å². The molecule has 1 aromatic rings. The molecule has 36 heavy (non-hydrogen) atoms. The Bertz CT molecular complexity index is 849. The highest BCUT2D eigenvalue weighted by atomic mass is 16.7. The van der Waals surface area contributed by atoms with E-state index in [2.05, 4.69) is 0 Å². The summed E-state index contributed by atoms with van der Waals surface area (Å²) in [5.74, 6) is -1.26. The standard InChI is InChI=1S/C27H40O9/c1-5-33-27(34-6-2)18-9-7-17(8-10-18)21(30)12-20(29)11-19-14-35-22(25(32)24(19)31)13-23-26(36-23)15(3)16(4)28/h7-10,15-16,19,22-28,31-32H,5-6,11-14H2,1-4H3/t15-,16-,19-,22-,23-,24+,25-,26-/m0/s1. The zero-order valence-corrected chi connectivity index (χ0v) is 21.5. The number of ketones is 2. The summed E-state index contributed by atoms with van der Waals surface area (Å²) in [5.41, 5.74) is 1.20. The van der Waals surface area contributed by atoms with Crippen molar-refractivity contribution in [3.63, 3.8) is 0 Å². The van der Waals surface area contributed by atoms with Crippen molar-refractivity contribution in [2.45, 2.75) is 89.9 Å². The predicted octanol–water partition coefficient (Wildman–Crippen LogP) is 2.20. The van der Waals surface area contributed by atoms with E-state index < -0.39 is 36.6 Å². The fourth-order valence-electron chi connectivity index (χ4n) is 4.66. The van der Waals surface area contributed by atoms with E-state index in [1.807, 2.05) is 20.8 Å². The molecule has 0 aliphatic carbocycles. The van der Waals surface area contributed by atoms with Crippen LogP contribution < -0.4 is 0 Å². The maximum absolute atomic E-state index is 12.6. The van der Waals surface area contributed by atoms with Gasteiger partial charge in [-0.1, -0.05) is 31.2 Å². The third-order valence-corrected chi connectivity index (χ3v) is 7.09. The van der Waals surface area contributed by atoms with E-state index in [-0.39, 0.29) is 49.1 Å². The predicted molar refractivity (Wildman–Crippen MR) is 130 cm³/mol. The number of hydrogen-bond donors (Lipinski definition) is 3. The lowest BCUT2D eigenvalue weighted by atomic mass is 9.85. The molecule has 9 nitrogen and oxygen atoms in total. The third kappa shape index (κ3) is 7.41. The number of Topliss-reactive ketones (excluding diaryl/α,β-unsaturated/α-hetero) is 2. The third-order valence-electron chi connectivity index (χ3n) is 7.09. The van der Waals surface area contributed by atoms with Gasteiger partial charge in [0.15, 0.2) is 12.1 Å². The first-order valence-electron chi connectivity index (χ1n) is 12.8. The molecule has 0 spiro atoms. The summed E-state index contributed by atoms with van der Waals surface area (Å²) in [6, 6.07) is 6.79. The van der Waals surface area contributed by atoms with Crippen LogP contribution in [-0.2, 0) is 23.7 Å². The molecule has 2 heterocycles. The van der Waals surface area contributed by atoms with Crippen LogP contribution in [0.2, 0.25) is 0 Å². The fourth-order valence-corrected chi connectivity index (χ4v) is 4.66. The molecule has 1 aromatic carbocycles. The van der Waals surface area contributed by atoms with E-state index in [1.165, 1.54) is 0 Å². The minimum absolute atomic E-state index is 0.0319. The van der Waals surface area contributed by atoms with Gasteiger partial charge >= 0.3 is 0 Å². The van der Waals surface area contributed by atoms with Crippen molar-refractivity contribution in [2.24, 2.45) is 11.8 Å². The lowest BCUT2D eigenvalue weighted by Gasteiger charge is -2.37. The average Bonchev–Trinajstić information content (AvgIpc) is 3.62. The molecular weight excluding hydrogens is 468 g/mol. The monoisotopic (exact) mass is 508 g/mol. The fraction of sp³-hybridized carbons (Fsp3) is 0.704. The Balaban J connectivity index is 1.47. The lowest BCUT2D eigenvalue weighted by Crippen LogP contribution is -2.51.